The Kier molecular flexibility index (Phi) is 5.71. The number of carbonyl (C=O) groups is 3. The van der Waals surface area contributed by atoms with Crippen molar-refractivity contribution >= 4 is 23.4 Å². The summed E-state index contributed by atoms with van der Waals surface area (Å²) in [7, 11) is 3.95. The molecule has 2 aliphatic rings. The molecule has 6 nitrogen and oxygen atoms in total. The number of benzene rings is 1. The minimum Gasteiger partial charge on any atom is -0.326 e. The van der Waals surface area contributed by atoms with Crippen molar-refractivity contribution in [2.45, 2.75) is 38.6 Å². The number of hydrogen-bond acceptors (Lipinski definition) is 4. The second-order valence-electron chi connectivity index (χ2n) is 7.52. The van der Waals surface area contributed by atoms with Crippen LogP contribution in [-0.4, -0.2) is 48.2 Å². The number of nitrogens with zero attached hydrogens (tertiary/aromatic N) is 2. The van der Waals surface area contributed by atoms with E-state index in [1.54, 1.807) is 0 Å². The van der Waals surface area contributed by atoms with Crippen molar-refractivity contribution in [3.05, 3.63) is 29.8 Å². The average molecular weight is 357 g/mol. The summed E-state index contributed by atoms with van der Waals surface area (Å²) < 4.78 is 0. The molecule has 0 aromatic heterocycles. The van der Waals surface area contributed by atoms with E-state index in [1.165, 1.54) is 4.90 Å². The molecule has 3 rings (SSSR count). The highest BCUT2D eigenvalue weighted by Gasteiger charge is 2.47. The number of rotatable bonds is 6. The van der Waals surface area contributed by atoms with Crippen molar-refractivity contribution in [2.75, 3.05) is 26.0 Å². The van der Waals surface area contributed by atoms with Crippen LogP contribution in [-0.2, 0) is 20.9 Å². The molecule has 2 unspecified atom stereocenters. The van der Waals surface area contributed by atoms with Crippen LogP contribution in [0.4, 0.5) is 5.69 Å². The van der Waals surface area contributed by atoms with Gasteiger partial charge in [0.25, 0.3) is 0 Å². The molecule has 3 amide bonds. The van der Waals surface area contributed by atoms with Gasteiger partial charge >= 0.3 is 0 Å². The zero-order valence-corrected chi connectivity index (χ0v) is 15.5. The number of likely N-dealkylation sites (tertiary alicyclic amines) is 1. The number of fused-ring (bicyclic) bond motifs is 1. The summed E-state index contributed by atoms with van der Waals surface area (Å²) in [4.78, 5) is 40.6. The van der Waals surface area contributed by atoms with Crippen molar-refractivity contribution in [1.29, 1.82) is 0 Å². The van der Waals surface area contributed by atoms with Crippen LogP contribution < -0.4 is 5.32 Å². The van der Waals surface area contributed by atoms with Crippen molar-refractivity contribution in [2.24, 2.45) is 11.8 Å². The van der Waals surface area contributed by atoms with Gasteiger partial charge in [-0.15, -0.1) is 0 Å². The summed E-state index contributed by atoms with van der Waals surface area (Å²) in [6.45, 7) is 0.898. The summed E-state index contributed by atoms with van der Waals surface area (Å²) in [6.07, 6.45) is 3.76. The molecule has 6 heteroatoms. The van der Waals surface area contributed by atoms with Gasteiger partial charge in [-0.3, -0.25) is 19.3 Å². The van der Waals surface area contributed by atoms with Crippen LogP contribution in [0.1, 0.15) is 37.7 Å². The van der Waals surface area contributed by atoms with Crippen LogP contribution in [0.3, 0.4) is 0 Å². The van der Waals surface area contributed by atoms with Crippen LogP contribution >= 0.6 is 0 Å². The van der Waals surface area contributed by atoms with Crippen molar-refractivity contribution < 1.29 is 14.4 Å². The van der Waals surface area contributed by atoms with E-state index in [1.807, 2.05) is 43.3 Å². The Morgan fingerprint density at radius 3 is 2.35 bits per heavy atom. The minimum atomic E-state index is -0.174. The molecule has 1 heterocycles. The van der Waals surface area contributed by atoms with Gasteiger partial charge in [-0.25, -0.2) is 0 Å². The van der Waals surface area contributed by atoms with Gasteiger partial charge in [-0.05, 0) is 38.6 Å². The first kappa shape index (κ1) is 18.6. The molecule has 1 aliphatic carbocycles. The highest BCUT2D eigenvalue weighted by molar-refractivity contribution is 6.05. The highest BCUT2D eigenvalue weighted by atomic mass is 16.2. The van der Waals surface area contributed by atoms with Gasteiger partial charge in [0.1, 0.15) is 0 Å². The van der Waals surface area contributed by atoms with E-state index in [-0.39, 0.29) is 42.5 Å². The van der Waals surface area contributed by atoms with Crippen molar-refractivity contribution in [1.82, 2.24) is 9.80 Å². The van der Waals surface area contributed by atoms with Crippen LogP contribution in [0.15, 0.2) is 24.3 Å². The largest absolute Gasteiger partial charge is 0.326 e. The molecule has 1 N–H and O–H groups in total. The Bertz CT molecular complexity index is 677. The lowest BCUT2D eigenvalue weighted by molar-refractivity contribution is -0.140. The number of para-hydroxylation sites is 1. The molecule has 0 bridgehead atoms. The Balaban J connectivity index is 1.58. The van der Waals surface area contributed by atoms with Crippen molar-refractivity contribution in [3.63, 3.8) is 0 Å². The number of amides is 3. The number of imide groups is 1. The predicted molar refractivity (Wildman–Crippen MR) is 99.2 cm³/mol. The summed E-state index contributed by atoms with van der Waals surface area (Å²) in [5.41, 5.74) is 1.81. The third kappa shape index (κ3) is 3.96. The molecule has 2 atom stereocenters. The molecule has 1 aromatic rings. The average Bonchev–Trinajstić information content (AvgIpc) is 2.86. The minimum absolute atomic E-state index is 0.0829. The summed E-state index contributed by atoms with van der Waals surface area (Å²) in [5.74, 6) is -0.645. The fraction of sp³-hybridized carbons (Fsp3) is 0.550. The molecule has 1 saturated carbocycles. The Morgan fingerprint density at radius 2 is 1.73 bits per heavy atom. The second kappa shape index (κ2) is 7.99. The monoisotopic (exact) mass is 357 g/mol. The Hall–Kier alpha value is -2.21. The summed E-state index contributed by atoms with van der Waals surface area (Å²) in [6, 6.07) is 7.68. The maximum absolute atomic E-state index is 12.5. The molecule has 0 radical (unpaired) electrons. The number of carbonyl (C=O) groups excluding carboxylic acids is 3. The van der Waals surface area contributed by atoms with E-state index < -0.39 is 0 Å². The normalized spacial score (nSPS) is 22.7. The number of nitrogens with one attached hydrogen (secondary N) is 1. The number of hydrogen-bond donors (Lipinski definition) is 1. The molecular weight excluding hydrogens is 330 g/mol. The van der Waals surface area contributed by atoms with E-state index >= 15 is 0 Å². The zero-order chi connectivity index (χ0) is 18.7. The summed E-state index contributed by atoms with van der Waals surface area (Å²) in [5, 5.41) is 2.92. The van der Waals surface area contributed by atoms with Gasteiger partial charge in [0.15, 0.2) is 0 Å². The van der Waals surface area contributed by atoms with Gasteiger partial charge in [0, 0.05) is 25.2 Å². The lowest BCUT2D eigenvalue weighted by Crippen LogP contribution is -2.34. The van der Waals surface area contributed by atoms with E-state index in [2.05, 4.69) is 5.32 Å². The first-order valence-corrected chi connectivity index (χ1v) is 9.35. The smallest absolute Gasteiger partial charge is 0.233 e. The zero-order valence-electron chi connectivity index (χ0n) is 15.5. The van der Waals surface area contributed by atoms with Gasteiger partial charge in [-0.2, -0.15) is 0 Å². The van der Waals surface area contributed by atoms with Crippen LogP contribution in [0.5, 0.6) is 0 Å². The molecule has 0 spiro atoms. The molecule has 1 aromatic carbocycles. The van der Waals surface area contributed by atoms with Gasteiger partial charge in [-0.1, -0.05) is 31.0 Å². The molecule has 1 saturated heterocycles. The number of anilines is 1. The van der Waals surface area contributed by atoms with Crippen LogP contribution in [0.25, 0.3) is 0 Å². The Labute approximate surface area is 154 Å². The molecule has 140 valence electrons. The van der Waals surface area contributed by atoms with E-state index in [0.29, 0.717) is 0 Å². The predicted octanol–water partition coefficient (Wildman–Crippen LogP) is 2.25. The molecular formula is C20H27N3O3. The standard InChI is InChI=1S/C20H27N3O3/c1-22(2)13-14-7-3-6-10-17(14)21-18(24)11-12-23-19(25)15-8-4-5-9-16(15)20(23)26/h3,6-7,10,15-16H,4-5,8-9,11-13H2,1-2H3,(H,21,24). The quantitative estimate of drug-likeness (QED) is 0.793. The first-order chi connectivity index (χ1) is 12.5. The van der Waals surface area contributed by atoms with Crippen molar-refractivity contribution in [3.8, 4) is 0 Å². The SMILES string of the molecule is CN(C)Cc1ccccc1NC(=O)CCN1C(=O)C2CCCCC2C1=O. The highest BCUT2D eigenvalue weighted by Crippen LogP contribution is 2.37. The Morgan fingerprint density at radius 1 is 1.12 bits per heavy atom. The van der Waals surface area contributed by atoms with Gasteiger partial charge < -0.3 is 10.2 Å². The second-order valence-corrected chi connectivity index (χ2v) is 7.52. The third-order valence-corrected chi connectivity index (χ3v) is 5.27. The lowest BCUT2D eigenvalue weighted by Gasteiger charge is -2.19. The fourth-order valence-corrected chi connectivity index (χ4v) is 4.00. The third-order valence-electron chi connectivity index (χ3n) is 5.27. The van der Waals surface area contributed by atoms with Crippen LogP contribution in [0, 0.1) is 11.8 Å². The maximum atomic E-state index is 12.5. The van der Waals surface area contributed by atoms with E-state index in [9.17, 15) is 14.4 Å². The fourth-order valence-electron chi connectivity index (χ4n) is 4.00. The van der Waals surface area contributed by atoms with Gasteiger partial charge in [0.05, 0.1) is 11.8 Å². The summed E-state index contributed by atoms with van der Waals surface area (Å²) >= 11 is 0. The topological polar surface area (TPSA) is 69.7 Å². The molecule has 1 aliphatic heterocycles. The first-order valence-electron chi connectivity index (χ1n) is 9.35. The maximum Gasteiger partial charge on any atom is 0.233 e. The van der Waals surface area contributed by atoms with E-state index in [4.69, 9.17) is 0 Å². The molecule has 2 fully saturated rings. The van der Waals surface area contributed by atoms with Crippen LogP contribution in [0.2, 0.25) is 0 Å². The molecule has 26 heavy (non-hydrogen) atoms. The van der Waals surface area contributed by atoms with E-state index in [0.717, 1.165) is 43.5 Å². The lowest BCUT2D eigenvalue weighted by atomic mass is 9.81. The van der Waals surface area contributed by atoms with Gasteiger partial charge in [0.2, 0.25) is 17.7 Å².